The number of pyridine rings is 1. The molecular formula is C21H25N3O2S. The standard InChI is InChI=1S/C20H24N2O2.CHNS/c1-3-13-12-22-9-7-14(13)10-19(22)20(23)16-6-8-21-18-5-4-15(24-2)11-17(16)18;2-1-3/h3-6,8,11,13-14,19-20,23H,1,7,9-10,12H2,2H3;3H/t13?,14?,19?,20-;/m0./s1. The van der Waals surface area contributed by atoms with E-state index in [1.807, 2.05) is 30.5 Å². The lowest BCUT2D eigenvalue weighted by Crippen LogP contribution is -2.54. The van der Waals surface area contributed by atoms with Crippen LogP contribution in [-0.2, 0) is 12.6 Å². The van der Waals surface area contributed by atoms with Gasteiger partial charge in [-0.05, 0) is 43.4 Å². The van der Waals surface area contributed by atoms with Crippen LogP contribution >= 0.6 is 0 Å². The van der Waals surface area contributed by atoms with Gasteiger partial charge >= 0.3 is 0 Å². The zero-order valence-electron chi connectivity index (χ0n) is 15.5. The van der Waals surface area contributed by atoms with Crippen molar-refractivity contribution in [3.05, 3.63) is 48.7 Å². The van der Waals surface area contributed by atoms with Gasteiger partial charge in [-0.15, -0.1) is 6.58 Å². The molecule has 2 bridgehead atoms. The highest BCUT2D eigenvalue weighted by atomic mass is 32.1. The second-order valence-electron chi connectivity index (χ2n) is 7.13. The summed E-state index contributed by atoms with van der Waals surface area (Å²) in [7, 11) is 1.67. The average Bonchev–Trinajstić information content (AvgIpc) is 2.73. The summed E-state index contributed by atoms with van der Waals surface area (Å²) < 4.78 is 5.36. The maximum Gasteiger partial charge on any atom is 0.211 e. The number of aromatic amines is 1. The summed E-state index contributed by atoms with van der Waals surface area (Å²) in [6, 6.07) is 8.15. The number of aromatic nitrogens is 1. The lowest BCUT2D eigenvalue weighted by atomic mass is 9.73. The van der Waals surface area contributed by atoms with Crippen LogP contribution in [-0.4, -0.2) is 36.2 Å². The Balaban J connectivity index is 0.000000659. The van der Waals surface area contributed by atoms with Crippen molar-refractivity contribution in [1.29, 1.82) is 5.26 Å². The molecule has 3 aliphatic rings. The minimum Gasteiger partial charge on any atom is -0.696 e. The number of nitrogens with zero attached hydrogens (tertiary/aromatic N) is 2. The topological polar surface area (TPSA) is 70.6 Å². The summed E-state index contributed by atoms with van der Waals surface area (Å²) in [5, 5.41) is 20.7. The smallest absolute Gasteiger partial charge is 0.211 e. The van der Waals surface area contributed by atoms with E-state index in [1.165, 1.54) is 11.8 Å². The van der Waals surface area contributed by atoms with Gasteiger partial charge in [0.1, 0.15) is 5.75 Å². The Hall–Kier alpha value is -2.20. The third kappa shape index (κ3) is 3.91. The molecule has 3 saturated heterocycles. The zero-order valence-corrected chi connectivity index (χ0v) is 16.3. The lowest BCUT2D eigenvalue weighted by molar-refractivity contribution is -0.344. The molecule has 4 heterocycles. The fraction of sp³-hybridized carbons (Fsp3) is 0.429. The maximum atomic E-state index is 11.2. The molecule has 0 saturated carbocycles. The van der Waals surface area contributed by atoms with Gasteiger partial charge in [0.2, 0.25) is 5.52 Å². The van der Waals surface area contributed by atoms with Gasteiger partial charge in [-0.25, -0.2) is 10.2 Å². The largest absolute Gasteiger partial charge is 0.696 e. The summed E-state index contributed by atoms with van der Waals surface area (Å²) in [6.45, 7) is 6.09. The number of nitrogens with one attached hydrogen (secondary N) is 1. The molecule has 142 valence electrons. The van der Waals surface area contributed by atoms with Crippen LogP contribution in [0.15, 0.2) is 43.1 Å². The number of benzene rings is 1. The highest BCUT2D eigenvalue weighted by Gasteiger charge is 2.42. The number of ether oxygens (including phenoxy) is 1. The van der Waals surface area contributed by atoms with Crippen LogP contribution in [0.5, 0.6) is 5.75 Å². The lowest BCUT2D eigenvalue weighted by Gasteiger charge is -2.50. The third-order valence-corrected chi connectivity index (χ3v) is 5.88. The Morgan fingerprint density at radius 1 is 1.48 bits per heavy atom. The van der Waals surface area contributed by atoms with Crippen LogP contribution in [0.25, 0.3) is 10.9 Å². The Morgan fingerprint density at radius 2 is 2.26 bits per heavy atom. The molecule has 0 spiro atoms. The van der Waals surface area contributed by atoms with E-state index >= 15 is 0 Å². The molecule has 3 aliphatic heterocycles. The van der Waals surface area contributed by atoms with Gasteiger partial charge in [-0.1, -0.05) is 11.5 Å². The Bertz CT molecular complexity index is 851. The fourth-order valence-corrected chi connectivity index (χ4v) is 4.50. The molecule has 0 radical (unpaired) electrons. The molecular weight excluding hydrogens is 358 g/mol. The van der Waals surface area contributed by atoms with Crippen LogP contribution in [0, 0.1) is 22.5 Å². The van der Waals surface area contributed by atoms with E-state index in [4.69, 9.17) is 10.00 Å². The monoisotopic (exact) mass is 383 g/mol. The number of piperidine rings is 3. The predicted molar refractivity (Wildman–Crippen MR) is 107 cm³/mol. The van der Waals surface area contributed by atoms with E-state index in [1.54, 1.807) is 7.11 Å². The number of hydrogen-bond acceptors (Lipinski definition) is 5. The summed E-state index contributed by atoms with van der Waals surface area (Å²) in [6.07, 6.45) is 5.79. The first-order chi connectivity index (χ1) is 13.1. The average molecular weight is 384 g/mol. The van der Waals surface area contributed by atoms with Crippen molar-refractivity contribution in [1.82, 2.24) is 4.90 Å². The number of hydrogen-bond donors (Lipinski definition) is 1. The minimum atomic E-state index is -0.484. The molecule has 4 unspecified atom stereocenters. The molecule has 5 rings (SSSR count). The number of methoxy groups -OCH3 is 1. The van der Waals surface area contributed by atoms with Crippen molar-refractivity contribution >= 4 is 23.5 Å². The van der Waals surface area contributed by atoms with Crippen molar-refractivity contribution in [2.24, 2.45) is 11.8 Å². The fourth-order valence-electron chi connectivity index (χ4n) is 4.50. The van der Waals surface area contributed by atoms with E-state index in [-0.39, 0.29) is 6.04 Å². The van der Waals surface area contributed by atoms with Gasteiger partial charge < -0.3 is 22.5 Å². The van der Waals surface area contributed by atoms with Gasteiger partial charge in [0.25, 0.3) is 0 Å². The van der Waals surface area contributed by atoms with Gasteiger partial charge in [0.05, 0.1) is 18.6 Å². The number of thiocyanates is 1. The van der Waals surface area contributed by atoms with Crippen LogP contribution in [0.4, 0.5) is 0 Å². The molecule has 1 aromatic carbocycles. The van der Waals surface area contributed by atoms with Gasteiger partial charge in [0.15, 0.2) is 6.20 Å². The van der Waals surface area contributed by atoms with Crippen LogP contribution in [0.3, 0.4) is 0 Å². The Morgan fingerprint density at radius 3 is 2.89 bits per heavy atom. The Labute approximate surface area is 165 Å². The number of fused-ring (bicyclic) bond motifs is 4. The molecule has 2 N–H and O–H groups in total. The predicted octanol–water partition coefficient (Wildman–Crippen LogP) is 2.61. The number of aliphatic hydroxyl groups excluding tert-OH is 1. The zero-order chi connectivity index (χ0) is 19.4. The van der Waals surface area contributed by atoms with Crippen molar-refractivity contribution in [2.75, 3.05) is 20.2 Å². The Kier molecular flexibility index (Phi) is 6.27. The summed E-state index contributed by atoms with van der Waals surface area (Å²) in [5.74, 6) is 2.04. The minimum absolute atomic E-state index is 0.191. The molecule has 2 aromatic rings. The number of nitriles is 1. The third-order valence-electron chi connectivity index (χ3n) is 5.88. The molecule has 5 atom stereocenters. The molecule has 6 heteroatoms. The summed E-state index contributed by atoms with van der Waals surface area (Å²) >= 11 is 3.70. The van der Waals surface area contributed by atoms with Crippen LogP contribution in [0.2, 0.25) is 0 Å². The summed E-state index contributed by atoms with van der Waals surface area (Å²) in [5.41, 5.74) is 2.00. The quantitative estimate of drug-likeness (QED) is 0.499. The van der Waals surface area contributed by atoms with E-state index in [0.717, 1.165) is 41.7 Å². The first kappa shape index (κ1) is 19.6. The SMILES string of the molecule is C=CC1CN2CCC1CC2[C@@H](O)c1cc[nH+]c2ccc(OC)cc12.N#C[S-]. The van der Waals surface area contributed by atoms with Crippen molar-refractivity contribution in [3.8, 4) is 11.2 Å². The second kappa shape index (κ2) is 8.66. The normalized spacial score (nSPS) is 27.1. The summed E-state index contributed by atoms with van der Waals surface area (Å²) in [4.78, 5) is 5.70. The van der Waals surface area contributed by atoms with Gasteiger partial charge in [0, 0.05) is 30.3 Å². The molecule has 0 amide bonds. The van der Waals surface area contributed by atoms with Crippen molar-refractivity contribution in [3.63, 3.8) is 0 Å². The highest BCUT2D eigenvalue weighted by molar-refractivity contribution is 7.64. The maximum absolute atomic E-state index is 11.2. The number of aliphatic hydroxyl groups is 1. The van der Waals surface area contributed by atoms with Gasteiger partial charge in [-0.3, -0.25) is 4.90 Å². The van der Waals surface area contributed by atoms with E-state index in [0.29, 0.717) is 11.8 Å². The van der Waals surface area contributed by atoms with Crippen LogP contribution < -0.4 is 9.72 Å². The number of H-pyrrole nitrogens is 1. The van der Waals surface area contributed by atoms with E-state index in [9.17, 15) is 5.11 Å². The van der Waals surface area contributed by atoms with Crippen LogP contribution in [0.1, 0.15) is 24.5 Å². The molecule has 5 nitrogen and oxygen atoms in total. The molecule has 3 fully saturated rings. The van der Waals surface area contributed by atoms with E-state index in [2.05, 4.69) is 35.2 Å². The van der Waals surface area contributed by atoms with E-state index < -0.39 is 6.10 Å². The second-order valence-corrected chi connectivity index (χ2v) is 7.31. The van der Waals surface area contributed by atoms with Gasteiger partial charge in [-0.2, -0.15) is 0 Å². The first-order valence-corrected chi connectivity index (χ1v) is 9.58. The number of rotatable bonds is 4. The molecule has 27 heavy (non-hydrogen) atoms. The van der Waals surface area contributed by atoms with Crippen molar-refractivity contribution in [2.45, 2.75) is 25.0 Å². The molecule has 1 aromatic heterocycles. The van der Waals surface area contributed by atoms with Crippen molar-refractivity contribution < 1.29 is 14.8 Å². The molecule has 0 aliphatic carbocycles. The first-order valence-electron chi connectivity index (χ1n) is 9.17. The highest BCUT2D eigenvalue weighted by Crippen LogP contribution is 2.42.